The molecule has 1 aromatic carbocycles. The molecule has 0 amide bonds. The minimum Gasteiger partial charge on any atom is -0.385 e. The van der Waals surface area contributed by atoms with Gasteiger partial charge in [-0.05, 0) is 42.9 Å². The molecule has 1 aliphatic rings. The zero-order valence-electron chi connectivity index (χ0n) is 16.5. The molecule has 2 rings (SSSR count). The number of guanidine groups is 1. The van der Waals surface area contributed by atoms with Crippen LogP contribution in [0.4, 0.5) is 0 Å². The van der Waals surface area contributed by atoms with Gasteiger partial charge >= 0.3 is 0 Å². The molecule has 1 atom stereocenters. The molecule has 26 heavy (non-hydrogen) atoms. The first-order chi connectivity index (χ1) is 12.2. The molecular formula is C20H35IN4O. The van der Waals surface area contributed by atoms with Crippen LogP contribution in [0, 0.1) is 5.92 Å². The summed E-state index contributed by atoms with van der Waals surface area (Å²) >= 11 is 0. The van der Waals surface area contributed by atoms with Crippen LogP contribution in [0.1, 0.15) is 37.3 Å². The zero-order valence-corrected chi connectivity index (χ0v) is 18.8. The summed E-state index contributed by atoms with van der Waals surface area (Å²) in [6.07, 6.45) is 3.66. The maximum absolute atomic E-state index is 5.08. The van der Waals surface area contributed by atoms with Gasteiger partial charge < -0.3 is 15.4 Å². The van der Waals surface area contributed by atoms with Crippen molar-refractivity contribution in [2.75, 3.05) is 40.4 Å². The van der Waals surface area contributed by atoms with Crippen molar-refractivity contribution in [1.29, 1.82) is 0 Å². The van der Waals surface area contributed by atoms with Gasteiger partial charge in [0.05, 0.1) is 0 Å². The van der Waals surface area contributed by atoms with Crippen molar-refractivity contribution in [3.8, 4) is 0 Å². The first-order valence-electron chi connectivity index (χ1n) is 9.45. The van der Waals surface area contributed by atoms with E-state index in [0.717, 1.165) is 44.5 Å². The number of hydrogen-bond donors (Lipinski definition) is 2. The van der Waals surface area contributed by atoms with Crippen LogP contribution in [0.15, 0.2) is 29.3 Å². The molecule has 1 aliphatic heterocycles. The molecule has 0 radical (unpaired) electrons. The second-order valence-corrected chi connectivity index (χ2v) is 6.95. The van der Waals surface area contributed by atoms with Crippen LogP contribution in [-0.4, -0.2) is 51.3 Å². The van der Waals surface area contributed by atoms with Gasteiger partial charge in [0.25, 0.3) is 0 Å². The maximum atomic E-state index is 5.08. The lowest BCUT2D eigenvalue weighted by molar-refractivity contribution is 0.176. The normalized spacial score (nSPS) is 18.3. The van der Waals surface area contributed by atoms with E-state index >= 15 is 0 Å². The van der Waals surface area contributed by atoms with E-state index in [0.29, 0.717) is 0 Å². The van der Waals surface area contributed by atoms with Gasteiger partial charge in [-0.15, -0.1) is 24.0 Å². The van der Waals surface area contributed by atoms with Gasteiger partial charge in [-0.25, -0.2) is 0 Å². The van der Waals surface area contributed by atoms with Crippen LogP contribution in [0.5, 0.6) is 0 Å². The third-order valence-electron chi connectivity index (χ3n) is 4.74. The van der Waals surface area contributed by atoms with Crippen LogP contribution in [-0.2, 0) is 17.8 Å². The fraction of sp³-hybridized carbons (Fsp3) is 0.650. The molecule has 0 aliphatic carbocycles. The Morgan fingerprint density at radius 3 is 2.73 bits per heavy atom. The predicted molar refractivity (Wildman–Crippen MR) is 120 cm³/mol. The number of nitrogens with zero attached hydrogens (tertiary/aromatic N) is 2. The number of halogens is 1. The highest BCUT2D eigenvalue weighted by Crippen LogP contribution is 2.19. The maximum Gasteiger partial charge on any atom is 0.191 e. The number of piperidine rings is 1. The molecule has 2 N–H and O–H groups in total. The van der Waals surface area contributed by atoms with Gasteiger partial charge in [-0.2, -0.15) is 0 Å². The van der Waals surface area contributed by atoms with Crippen molar-refractivity contribution in [3.63, 3.8) is 0 Å². The Kier molecular flexibility index (Phi) is 11.9. The summed E-state index contributed by atoms with van der Waals surface area (Å²) in [6.45, 7) is 8.26. The van der Waals surface area contributed by atoms with E-state index in [1.54, 1.807) is 7.11 Å². The van der Waals surface area contributed by atoms with Gasteiger partial charge in [0.15, 0.2) is 5.96 Å². The largest absolute Gasteiger partial charge is 0.385 e. The van der Waals surface area contributed by atoms with Gasteiger partial charge in [-0.1, -0.05) is 31.2 Å². The molecule has 6 heteroatoms. The Morgan fingerprint density at radius 2 is 2.04 bits per heavy atom. The second-order valence-electron chi connectivity index (χ2n) is 6.95. The Bertz CT molecular complexity index is 538. The van der Waals surface area contributed by atoms with Gasteiger partial charge in [0.2, 0.25) is 0 Å². The van der Waals surface area contributed by atoms with Gasteiger partial charge in [0.1, 0.15) is 0 Å². The quantitative estimate of drug-likeness (QED) is 0.263. The Labute approximate surface area is 176 Å². The lowest BCUT2D eigenvalue weighted by Crippen LogP contribution is -2.38. The predicted octanol–water partition coefficient (Wildman–Crippen LogP) is 3.24. The van der Waals surface area contributed by atoms with E-state index in [1.165, 1.54) is 37.1 Å². The monoisotopic (exact) mass is 474 g/mol. The summed E-state index contributed by atoms with van der Waals surface area (Å²) < 4.78 is 5.08. The molecule has 0 aromatic heterocycles. The number of nitrogens with one attached hydrogen (secondary N) is 2. The molecule has 0 spiro atoms. The van der Waals surface area contributed by atoms with Crippen molar-refractivity contribution in [1.82, 2.24) is 15.5 Å². The average molecular weight is 474 g/mol. The first kappa shape index (κ1) is 23.2. The molecule has 1 aromatic rings. The third kappa shape index (κ3) is 8.22. The lowest BCUT2D eigenvalue weighted by Gasteiger charge is -2.31. The number of benzene rings is 1. The molecule has 1 unspecified atom stereocenters. The van der Waals surface area contributed by atoms with Crippen LogP contribution < -0.4 is 10.6 Å². The van der Waals surface area contributed by atoms with Crippen LogP contribution in [0.2, 0.25) is 0 Å². The van der Waals surface area contributed by atoms with Crippen molar-refractivity contribution in [3.05, 3.63) is 35.4 Å². The third-order valence-corrected chi connectivity index (χ3v) is 4.74. The standard InChI is InChI=1S/C20H34N4O.HI/c1-17-8-6-12-24(15-17)16-19-10-5-4-9-18(19)14-23-20(21-2)22-11-7-13-25-3;/h4-5,9-10,17H,6-8,11-16H2,1-3H3,(H2,21,22,23);1H. The van der Waals surface area contributed by atoms with Crippen LogP contribution in [0.3, 0.4) is 0 Å². The second kappa shape index (κ2) is 13.3. The summed E-state index contributed by atoms with van der Waals surface area (Å²) in [4.78, 5) is 6.89. The van der Waals surface area contributed by atoms with Gasteiger partial charge in [0, 0.05) is 46.9 Å². The first-order valence-corrected chi connectivity index (χ1v) is 9.45. The minimum absolute atomic E-state index is 0. The van der Waals surface area contributed by atoms with Gasteiger partial charge in [-0.3, -0.25) is 9.89 Å². The van der Waals surface area contributed by atoms with Crippen LogP contribution >= 0.6 is 24.0 Å². The minimum atomic E-state index is 0. The highest BCUT2D eigenvalue weighted by atomic mass is 127. The topological polar surface area (TPSA) is 48.9 Å². The molecule has 5 nitrogen and oxygen atoms in total. The van der Waals surface area contributed by atoms with E-state index in [9.17, 15) is 0 Å². The Balaban J connectivity index is 0.00000338. The van der Waals surface area contributed by atoms with E-state index in [2.05, 4.69) is 51.7 Å². The molecular weight excluding hydrogens is 439 g/mol. The van der Waals surface area contributed by atoms with E-state index in [4.69, 9.17) is 4.74 Å². The lowest BCUT2D eigenvalue weighted by atomic mass is 9.99. The number of aliphatic imine (C=N–C) groups is 1. The van der Waals surface area contributed by atoms with E-state index in [-0.39, 0.29) is 24.0 Å². The Hall–Kier alpha value is -0.860. The van der Waals surface area contributed by atoms with Crippen molar-refractivity contribution < 1.29 is 4.74 Å². The van der Waals surface area contributed by atoms with Crippen molar-refractivity contribution >= 4 is 29.9 Å². The fourth-order valence-corrected chi connectivity index (χ4v) is 3.38. The smallest absolute Gasteiger partial charge is 0.191 e. The summed E-state index contributed by atoms with van der Waals surface area (Å²) in [7, 11) is 3.54. The molecule has 1 fully saturated rings. The number of ether oxygens (including phenoxy) is 1. The number of rotatable bonds is 8. The van der Waals surface area contributed by atoms with E-state index < -0.39 is 0 Å². The molecule has 0 bridgehead atoms. The average Bonchev–Trinajstić information content (AvgIpc) is 2.62. The number of hydrogen-bond acceptors (Lipinski definition) is 3. The molecule has 0 saturated carbocycles. The number of methoxy groups -OCH3 is 1. The SMILES string of the molecule is CN=C(NCCCOC)NCc1ccccc1CN1CCCC(C)C1.I. The van der Waals surface area contributed by atoms with Crippen LogP contribution in [0.25, 0.3) is 0 Å². The highest BCUT2D eigenvalue weighted by molar-refractivity contribution is 14.0. The summed E-state index contributed by atoms with van der Waals surface area (Å²) in [5.41, 5.74) is 2.76. The highest BCUT2D eigenvalue weighted by Gasteiger charge is 2.17. The molecule has 1 saturated heterocycles. The van der Waals surface area contributed by atoms with Crippen molar-refractivity contribution in [2.24, 2.45) is 10.9 Å². The molecule has 1 heterocycles. The number of likely N-dealkylation sites (tertiary alicyclic amines) is 1. The summed E-state index contributed by atoms with van der Waals surface area (Å²) in [5, 5.41) is 6.76. The Morgan fingerprint density at radius 1 is 1.27 bits per heavy atom. The molecule has 148 valence electrons. The van der Waals surface area contributed by atoms with Crippen molar-refractivity contribution in [2.45, 2.75) is 39.3 Å². The fourth-order valence-electron chi connectivity index (χ4n) is 3.38. The zero-order chi connectivity index (χ0) is 17.9. The summed E-state index contributed by atoms with van der Waals surface area (Å²) in [5.74, 6) is 1.66. The van der Waals surface area contributed by atoms with E-state index in [1.807, 2.05) is 7.05 Å². The summed E-state index contributed by atoms with van der Waals surface area (Å²) in [6, 6.07) is 8.73.